The lowest BCUT2D eigenvalue weighted by atomic mass is 10.2. The third kappa shape index (κ3) is 5.28. The lowest BCUT2D eigenvalue weighted by Gasteiger charge is -2.17. The molecule has 0 saturated heterocycles. The van der Waals surface area contributed by atoms with Crippen LogP contribution in [-0.4, -0.2) is 49.3 Å². The molecular weight excluding hydrogens is 357 g/mol. The third-order valence-corrected chi connectivity index (χ3v) is 4.08. The maximum Gasteiger partial charge on any atom is 0.253 e. The summed E-state index contributed by atoms with van der Waals surface area (Å²) in [5.41, 5.74) is 1.48. The number of nitrogens with zero attached hydrogens (tertiary/aromatic N) is 2. The first-order chi connectivity index (χ1) is 12.3. The summed E-state index contributed by atoms with van der Waals surface area (Å²) >= 11 is 6.00. The summed E-state index contributed by atoms with van der Waals surface area (Å²) in [6.45, 7) is 0.290. The Hall–Kier alpha value is -2.44. The monoisotopic (exact) mass is 377 g/mol. The number of likely N-dealkylation sites (N-methyl/N-ethyl adjacent to an activating group) is 1. The van der Waals surface area contributed by atoms with Gasteiger partial charge in [-0.25, -0.2) is 4.39 Å². The van der Waals surface area contributed by atoms with E-state index in [4.69, 9.17) is 11.6 Å². The van der Waals surface area contributed by atoms with Crippen LogP contribution in [0.25, 0.3) is 0 Å². The fourth-order valence-corrected chi connectivity index (χ4v) is 2.63. The van der Waals surface area contributed by atoms with Crippen molar-refractivity contribution in [3.05, 3.63) is 64.4 Å². The highest BCUT2D eigenvalue weighted by Crippen LogP contribution is 2.20. The Kier molecular flexibility index (Phi) is 6.71. The Bertz CT molecular complexity index is 774. The zero-order valence-corrected chi connectivity index (χ0v) is 15.7. The molecule has 0 aliphatic carbocycles. The highest BCUT2D eigenvalue weighted by Gasteiger charge is 2.13. The van der Waals surface area contributed by atoms with Crippen molar-refractivity contribution in [2.24, 2.45) is 0 Å². The van der Waals surface area contributed by atoms with Gasteiger partial charge in [0.25, 0.3) is 5.91 Å². The number of hydrogen-bond acceptors (Lipinski definition) is 3. The van der Waals surface area contributed by atoms with Gasteiger partial charge in [-0.2, -0.15) is 0 Å². The van der Waals surface area contributed by atoms with Gasteiger partial charge in [0.15, 0.2) is 0 Å². The SMILES string of the molecule is CN(CC(=O)Nc1ccc(C(=O)N(C)C)cc1)Cc1c(F)cccc1Cl. The third-order valence-electron chi connectivity index (χ3n) is 3.73. The molecule has 0 aliphatic heterocycles. The van der Waals surface area contributed by atoms with Crippen LogP contribution in [0.2, 0.25) is 5.02 Å². The van der Waals surface area contributed by atoms with Crippen molar-refractivity contribution in [1.29, 1.82) is 0 Å². The van der Waals surface area contributed by atoms with Crippen LogP contribution in [-0.2, 0) is 11.3 Å². The van der Waals surface area contributed by atoms with E-state index in [9.17, 15) is 14.0 Å². The second-order valence-corrected chi connectivity index (χ2v) is 6.60. The molecule has 0 saturated carbocycles. The molecule has 0 spiro atoms. The molecule has 1 N–H and O–H groups in total. The maximum absolute atomic E-state index is 13.8. The molecule has 0 unspecified atom stereocenters. The molecule has 138 valence electrons. The van der Waals surface area contributed by atoms with E-state index < -0.39 is 5.82 Å². The van der Waals surface area contributed by atoms with Crippen molar-refractivity contribution in [2.45, 2.75) is 6.54 Å². The van der Waals surface area contributed by atoms with Gasteiger partial charge in [0.2, 0.25) is 5.91 Å². The highest BCUT2D eigenvalue weighted by atomic mass is 35.5. The molecule has 26 heavy (non-hydrogen) atoms. The highest BCUT2D eigenvalue weighted by molar-refractivity contribution is 6.31. The van der Waals surface area contributed by atoms with Crippen LogP contribution < -0.4 is 5.32 Å². The number of rotatable bonds is 6. The molecule has 0 fully saturated rings. The number of halogens is 2. The summed E-state index contributed by atoms with van der Waals surface area (Å²) in [6, 6.07) is 11.1. The Morgan fingerprint density at radius 2 is 1.73 bits per heavy atom. The summed E-state index contributed by atoms with van der Waals surface area (Å²) in [6.07, 6.45) is 0. The number of nitrogens with one attached hydrogen (secondary N) is 1. The standard InChI is InChI=1S/C19H21ClFN3O2/c1-23(2)19(26)13-7-9-14(10-8-13)22-18(25)12-24(3)11-15-16(20)5-4-6-17(15)21/h4-10H,11-12H2,1-3H3,(H,22,25). The summed E-state index contributed by atoms with van der Waals surface area (Å²) in [4.78, 5) is 27.2. The van der Waals surface area contributed by atoms with Gasteiger partial charge >= 0.3 is 0 Å². The predicted molar refractivity (Wildman–Crippen MR) is 101 cm³/mol. The molecule has 7 heteroatoms. The second-order valence-electron chi connectivity index (χ2n) is 6.20. The summed E-state index contributed by atoms with van der Waals surface area (Å²) in [5, 5.41) is 3.08. The average molecular weight is 378 g/mol. The average Bonchev–Trinajstić information content (AvgIpc) is 2.58. The lowest BCUT2D eigenvalue weighted by molar-refractivity contribution is -0.117. The molecule has 0 heterocycles. The largest absolute Gasteiger partial charge is 0.345 e. The molecule has 0 aliphatic rings. The van der Waals surface area contributed by atoms with Gasteiger partial charge in [-0.3, -0.25) is 14.5 Å². The molecule has 0 aromatic heterocycles. The number of anilines is 1. The smallest absolute Gasteiger partial charge is 0.253 e. The van der Waals surface area contributed by atoms with E-state index in [1.54, 1.807) is 62.4 Å². The first-order valence-corrected chi connectivity index (χ1v) is 8.38. The molecule has 5 nitrogen and oxygen atoms in total. The van der Waals surface area contributed by atoms with Gasteiger partial charge < -0.3 is 10.2 Å². The predicted octanol–water partition coefficient (Wildman–Crippen LogP) is 3.25. The van der Waals surface area contributed by atoms with Crippen molar-refractivity contribution in [3.8, 4) is 0 Å². The number of amides is 2. The van der Waals surface area contributed by atoms with Gasteiger partial charge in [0.1, 0.15) is 5.82 Å². The minimum atomic E-state index is -0.397. The van der Waals surface area contributed by atoms with Gasteiger partial charge in [-0.15, -0.1) is 0 Å². The zero-order valence-electron chi connectivity index (χ0n) is 14.9. The zero-order chi connectivity index (χ0) is 19.3. The van der Waals surface area contributed by atoms with Gasteiger partial charge in [0, 0.05) is 42.5 Å². The van der Waals surface area contributed by atoms with E-state index in [0.717, 1.165) is 0 Å². The molecule has 2 aromatic carbocycles. The molecule has 2 rings (SSSR count). The molecular formula is C19H21ClFN3O2. The van der Waals surface area contributed by atoms with E-state index in [-0.39, 0.29) is 24.9 Å². The van der Waals surface area contributed by atoms with Crippen molar-refractivity contribution >= 4 is 29.1 Å². The Balaban J connectivity index is 1.93. The van der Waals surface area contributed by atoms with Crippen LogP contribution in [0.5, 0.6) is 0 Å². The van der Waals surface area contributed by atoms with E-state index in [1.807, 2.05) is 0 Å². The van der Waals surface area contributed by atoms with Crippen LogP contribution >= 0.6 is 11.6 Å². The summed E-state index contributed by atoms with van der Waals surface area (Å²) < 4.78 is 13.8. The van der Waals surface area contributed by atoms with Gasteiger partial charge in [-0.1, -0.05) is 17.7 Å². The molecule has 0 radical (unpaired) electrons. The number of benzene rings is 2. The topological polar surface area (TPSA) is 52.7 Å². The van der Waals surface area contributed by atoms with Crippen LogP contribution in [0.1, 0.15) is 15.9 Å². The minimum Gasteiger partial charge on any atom is -0.345 e. The normalized spacial score (nSPS) is 10.7. The van der Waals surface area contributed by atoms with Crippen LogP contribution in [0, 0.1) is 5.82 Å². The minimum absolute atomic E-state index is 0.0725. The number of hydrogen-bond donors (Lipinski definition) is 1. The van der Waals surface area contributed by atoms with Gasteiger partial charge in [-0.05, 0) is 43.4 Å². The van der Waals surface area contributed by atoms with E-state index in [0.29, 0.717) is 21.8 Å². The van der Waals surface area contributed by atoms with Crippen molar-refractivity contribution in [3.63, 3.8) is 0 Å². The molecule has 0 bridgehead atoms. The van der Waals surface area contributed by atoms with Crippen molar-refractivity contribution < 1.29 is 14.0 Å². The van der Waals surface area contributed by atoms with E-state index >= 15 is 0 Å². The molecule has 2 amide bonds. The Labute approximate surface area is 157 Å². The fourth-order valence-electron chi connectivity index (χ4n) is 2.41. The quantitative estimate of drug-likeness (QED) is 0.840. The first-order valence-electron chi connectivity index (χ1n) is 8.01. The van der Waals surface area contributed by atoms with Crippen LogP contribution in [0.15, 0.2) is 42.5 Å². The molecule has 0 atom stereocenters. The van der Waals surface area contributed by atoms with Crippen molar-refractivity contribution in [2.75, 3.05) is 33.0 Å². The second kappa shape index (κ2) is 8.78. The Morgan fingerprint density at radius 3 is 2.31 bits per heavy atom. The molecule has 2 aromatic rings. The summed E-state index contributed by atoms with van der Waals surface area (Å²) in [7, 11) is 5.06. The van der Waals surface area contributed by atoms with E-state index in [1.165, 1.54) is 11.0 Å². The van der Waals surface area contributed by atoms with Crippen LogP contribution in [0.4, 0.5) is 10.1 Å². The van der Waals surface area contributed by atoms with Crippen molar-refractivity contribution in [1.82, 2.24) is 9.80 Å². The van der Waals surface area contributed by atoms with E-state index in [2.05, 4.69) is 5.32 Å². The van der Waals surface area contributed by atoms with Crippen LogP contribution in [0.3, 0.4) is 0 Å². The maximum atomic E-state index is 13.8. The first kappa shape index (κ1) is 19.9. The fraction of sp³-hybridized carbons (Fsp3) is 0.263. The summed E-state index contributed by atoms with van der Waals surface area (Å²) in [5.74, 6) is -0.748. The lowest BCUT2D eigenvalue weighted by Crippen LogP contribution is -2.30. The van der Waals surface area contributed by atoms with Gasteiger partial charge in [0.05, 0.1) is 6.54 Å². The number of carbonyl (C=O) groups excluding carboxylic acids is 2. The Morgan fingerprint density at radius 1 is 1.08 bits per heavy atom. The number of carbonyl (C=O) groups is 2.